The molecule has 13 nitrogen and oxygen atoms in total. The highest BCUT2D eigenvalue weighted by Crippen LogP contribution is 2.58. The average Bonchev–Trinajstić information content (AvgIpc) is 3.99. The number of aliphatic hydroxyl groups is 2. The topological polar surface area (TPSA) is 181 Å². The fraction of sp³-hybridized carbons (Fsp3) is 0.448. The molecule has 0 amide bonds. The number of methoxy groups -OCH3 is 1. The van der Waals surface area contributed by atoms with Crippen LogP contribution in [0, 0.1) is 41.4 Å². The highest BCUT2D eigenvalue weighted by atomic mass is 16.5. The molecule has 12 rings (SSSR count). The Kier molecular flexibility index (Phi) is 12.3. The maximum Gasteiger partial charge on any atom is 0.149 e. The van der Waals surface area contributed by atoms with Gasteiger partial charge in [0.05, 0.1) is 48.6 Å². The lowest BCUT2D eigenvalue weighted by Crippen LogP contribution is -2.73. The Morgan fingerprint density at radius 3 is 2.55 bits per heavy atom. The molecular weight excluding hydrogens is 901 g/mol. The van der Waals surface area contributed by atoms with Crippen LogP contribution in [-0.2, 0) is 15.9 Å². The van der Waals surface area contributed by atoms with Gasteiger partial charge in [0.25, 0.3) is 0 Å². The van der Waals surface area contributed by atoms with Crippen LogP contribution in [0.5, 0.6) is 40.2 Å². The van der Waals surface area contributed by atoms with Crippen molar-refractivity contribution < 1.29 is 54.0 Å². The molecule has 11 unspecified atom stereocenters. The van der Waals surface area contributed by atoms with Crippen molar-refractivity contribution in [1.82, 2.24) is 10.6 Å². The van der Waals surface area contributed by atoms with Crippen molar-refractivity contribution in [3.8, 4) is 63.2 Å². The number of aliphatic hydroxyl groups excluding tert-OH is 2. The molecule has 370 valence electrons. The van der Waals surface area contributed by atoms with Gasteiger partial charge in [0.2, 0.25) is 0 Å². The third-order valence-electron chi connectivity index (χ3n) is 16.5. The zero-order valence-electron chi connectivity index (χ0n) is 39.9. The molecule has 2 saturated carbocycles. The van der Waals surface area contributed by atoms with Crippen molar-refractivity contribution in [2.24, 2.45) is 29.6 Å². The van der Waals surface area contributed by atoms with Gasteiger partial charge in [-0.3, -0.25) is 10.6 Å². The average molecular weight is 963 g/mol. The highest BCUT2D eigenvalue weighted by Gasteiger charge is 2.63. The third-order valence-corrected chi connectivity index (χ3v) is 16.5. The molecule has 7 N–H and O–H groups in total. The first-order valence-corrected chi connectivity index (χ1v) is 25.5. The van der Waals surface area contributed by atoms with Crippen LogP contribution in [0.2, 0.25) is 0 Å². The van der Waals surface area contributed by atoms with E-state index in [1.807, 2.05) is 36.4 Å². The van der Waals surface area contributed by atoms with Gasteiger partial charge in [-0.1, -0.05) is 42.2 Å². The maximum atomic E-state index is 13.3. The number of benzene rings is 5. The van der Waals surface area contributed by atoms with Crippen LogP contribution < -0.4 is 29.6 Å². The van der Waals surface area contributed by atoms with E-state index < -0.39 is 41.8 Å². The predicted octanol–water partition coefficient (Wildman–Crippen LogP) is 7.98. The minimum atomic E-state index is -1.07. The number of phenolic OH excluding ortho intramolecular Hbond substituents is 3. The lowest BCUT2D eigenvalue weighted by atomic mass is 9.69. The fourth-order valence-corrected chi connectivity index (χ4v) is 13.3. The van der Waals surface area contributed by atoms with Crippen LogP contribution >= 0.6 is 0 Å². The third kappa shape index (κ3) is 8.23. The van der Waals surface area contributed by atoms with Gasteiger partial charge in [0.1, 0.15) is 53.0 Å². The van der Waals surface area contributed by atoms with E-state index in [0.717, 1.165) is 58.9 Å². The SMILES string of the molecule is COCCCC1Oc2c3cc(c4cc(O)ccc24)OCC#CC2CNC4C=CC5CC(CO)C(OC3C1C1COc3c(Cc6cc(O)ccc6-c6cccc(O)c6)cc(OC6CCCC6)cc3C1O)C25N4. The van der Waals surface area contributed by atoms with E-state index in [9.17, 15) is 25.5 Å². The molecule has 5 aromatic carbocycles. The molecular formula is C58H62N2O11. The van der Waals surface area contributed by atoms with Gasteiger partial charge in [0.15, 0.2) is 0 Å². The molecule has 1 saturated heterocycles. The minimum Gasteiger partial charge on any atom is -0.508 e. The summed E-state index contributed by atoms with van der Waals surface area (Å²) in [5.41, 5.74) is 3.96. The molecule has 7 aliphatic rings. The molecule has 5 aliphatic heterocycles. The summed E-state index contributed by atoms with van der Waals surface area (Å²) in [5, 5.41) is 65.8. The minimum absolute atomic E-state index is 0.0309. The molecule has 0 aromatic heterocycles. The van der Waals surface area contributed by atoms with Gasteiger partial charge in [-0.25, -0.2) is 0 Å². The first kappa shape index (κ1) is 46.1. The van der Waals surface area contributed by atoms with Crippen molar-refractivity contribution in [3.05, 3.63) is 113 Å². The largest absolute Gasteiger partial charge is 0.508 e. The van der Waals surface area contributed by atoms with Crippen LogP contribution in [0.25, 0.3) is 21.9 Å². The van der Waals surface area contributed by atoms with Crippen molar-refractivity contribution in [2.75, 3.05) is 40.1 Å². The Hall–Kier alpha value is -5.98. The van der Waals surface area contributed by atoms with Gasteiger partial charge in [-0.2, -0.15) is 0 Å². The Morgan fingerprint density at radius 2 is 1.70 bits per heavy atom. The normalized spacial score (nSPS) is 30.4. The number of nitrogens with one attached hydrogen (secondary N) is 2. The Bertz CT molecular complexity index is 2920. The highest BCUT2D eigenvalue weighted by molar-refractivity contribution is 5.96. The molecule has 0 radical (unpaired) electrons. The van der Waals surface area contributed by atoms with E-state index in [0.29, 0.717) is 72.8 Å². The summed E-state index contributed by atoms with van der Waals surface area (Å²) in [7, 11) is 1.69. The van der Waals surface area contributed by atoms with Crippen LogP contribution in [0.4, 0.5) is 0 Å². The van der Waals surface area contributed by atoms with Gasteiger partial charge >= 0.3 is 0 Å². The van der Waals surface area contributed by atoms with Crippen molar-refractivity contribution in [2.45, 2.75) is 93.6 Å². The Morgan fingerprint density at radius 1 is 0.859 bits per heavy atom. The Labute approximate surface area is 413 Å². The monoisotopic (exact) mass is 962 g/mol. The van der Waals surface area contributed by atoms with E-state index in [-0.39, 0.29) is 67.1 Å². The number of hydrogen-bond acceptors (Lipinski definition) is 13. The van der Waals surface area contributed by atoms with E-state index >= 15 is 0 Å². The van der Waals surface area contributed by atoms with Crippen molar-refractivity contribution >= 4 is 10.8 Å². The van der Waals surface area contributed by atoms with Gasteiger partial charge in [-0.15, -0.1) is 0 Å². The summed E-state index contributed by atoms with van der Waals surface area (Å²) in [6, 6.07) is 23.5. The second-order valence-electron chi connectivity index (χ2n) is 20.7. The van der Waals surface area contributed by atoms with E-state index in [2.05, 4.69) is 34.6 Å². The predicted molar refractivity (Wildman–Crippen MR) is 266 cm³/mol. The summed E-state index contributed by atoms with van der Waals surface area (Å²) in [6.45, 7) is 1.27. The summed E-state index contributed by atoms with van der Waals surface area (Å²) >= 11 is 0. The van der Waals surface area contributed by atoms with E-state index in [1.165, 1.54) is 0 Å². The van der Waals surface area contributed by atoms with Crippen LogP contribution in [0.15, 0.2) is 91.0 Å². The zero-order chi connectivity index (χ0) is 48.4. The molecule has 2 aliphatic carbocycles. The summed E-state index contributed by atoms with van der Waals surface area (Å²) in [6.07, 6.45) is 7.92. The zero-order valence-corrected chi connectivity index (χ0v) is 39.9. The van der Waals surface area contributed by atoms with Crippen LogP contribution in [-0.4, -0.2) is 95.6 Å². The summed E-state index contributed by atoms with van der Waals surface area (Å²) in [4.78, 5) is 0. The summed E-state index contributed by atoms with van der Waals surface area (Å²) < 4.78 is 41.2. The molecule has 71 heavy (non-hydrogen) atoms. The van der Waals surface area contributed by atoms with Crippen molar-refractivity contribution in [3.63, 3.8) is 0 Å². The number of ether oxygens (including phenoxy) is 6. The lowest BCUT2D eigenvalue weighted by Gasteiger charge is -2.54. The van der Waals surface area contributed by atoms with E-state index in [1.54, 1.807) is 49.6 Å². The second kappa shape index (κ2) is 18.9. The van der Waals surface area contributed by atoms with Crippen LogP contribution in [0.1, 0.15) is 79.4 Å². The second-order valence-corrected chi connectivity index (χ2v) is 20.7. The lowest BCUT2D eigenvalue weighted by molar-refractivity contribution is -0.166. The molecule has 4 bridgehead atoms. The number of phenols is 3. The fourth-order valence-electron chi connectivity index (χ4n) is 13.3. The first-order valence-electron chi connectivity index (χ1n) is 25.5. The number of hydrogen-bond donors (Lipinski definition) is 7. The quantitative estimate of drug-likeness (QED) is 0.0385. The molecule has 5 aromatic rings. The molecule has 13 heteroatoms. The summed E-state index contributed by atoms with van der Waals surface area (Å²) in [5.74, 6) is 8.13. The maximum absolute atomic E-state index is 13.3. The molecule has 1 spiro atoms. The molecule has 3 fully saturated rings. The van der Waals surface area contributed by atoms with Gasteiger partial charge in [0, 0.05) is 78.5 Å². The smallest absolute Gasteiger partial charge is 0.149 e. The standard InChI is InChI=1S/C58H62N2O11/c1-66-19-6-12-49-52(48-31-68-54-34(25-42(27-46(54)53(48)65)69-41-10-2-3-11-41)21-33-24-39(63)14-16-43(33)32-7-4-9-38(62)23-32)56-47-28-50(45-26-40(64)15-17-44(45)55(47)70-49)67-20-5-8-37-29-59-51-18-13-36-22-35(30-61)57(71-56)58(36,37)60-51/h4,7,9,13-18,23-28,35-37,41,48-49,51-53,56-57,59-65H,2-3,6,10-12,19-22,29-31H2,1H3. The molecule has 11 atom stereocenters. The van der Waals surface area contributed by atoms with E-state index in [4.69, 9.17) is 28.4 Å². The van der Waals surface area contributed by atoms with Gasteiger partial charge in [-0.05, 0) is 128 Å². The first-order chi connectivity index (χ1) is 34.7. The molecule has 5 heterocycles. The Balaban J connectivity index is 1.01. The van der Waals surface area contributed by atoms with Gasteiger partial charge < -0.3 is 54.0 Å². The van der Waals surface area contributed by atoms with Crippen molar-refractivity contribution in [1.29, 1.82) is 0 Å². The number of fused-ring (bicyclic) bond motifs is 6. The number of rotatable bonds is 11. The van der Waals surface area contributed by atoms with Crippen LogP contribution in [0.3, 0.4) is 0 Å². The number of aromatic hydroxyl groups is 3.